The number of hydrogen-bond acceptors (Lipinski definition) is 4. The molecule has 0 saturated heterocycles. The summed E-state index contributed by atoms with van der Waals surface area (Å²) < 4.78 is 23.0. The molecule has 0 fully saturated rings. The molecule has 1 aromatic carbocycles. The second-order valence-corrected chi connectivity index (χ2v) is 7.51. The van der Waals surface area contributed by atoms with E-state index in [2.05, 4.69) is 11.0 Å². The third kappa shape index (κ3) is 3.41. The van der Waals surface area contributed by atoms with Gasteiger partial charge >= 0.3 is 0 Å². The van der Waals surface area contributed by atoms with E-state index in [9.17, 15) is 8.42 Å². The molecule has 0 unspecified atom stereocenters. The standard InChI is InChI=1S/C14H22N2O2S/c1-2-19(17,18)11-5-10-16-9-4-7-12-6-3-8-13(15)14(12)16/h3,6,8H,2,4-5,7,9-11,15H2,1H3. The Morgan fingerprint density at radius 2 is 2.16 bits per heavy atom. The van der Waals surface area contributed by atoms with Gasteiger partial charge in [0.2, 0.25) is 0 Å². The van der Waals surface area contributed by atoms with Gasteiger partial charge in [-0.25, -0.2) is 8.42 Å². The second kappa shape index (κ2) is 5.82. The lowest BCUT2D eigenvalue weighted by Gasteiger charge is -2.32. The average molecular weight is 282 g/mol. The monoisotopic (exact) mass is 282 g/mol. The van der Waals surface area contributed by atoms with Crippen LogP contribution in [0.15, 0.2) is 18.2 Å². The van der Waals surface area contributed by atoms with Gasteiger partial charge in [-0.2, -0.15) is 0 Å². The molecule has 2 N–H and O–H groups in total. The molecule has 1 aromatic rings. The lowest BCUT2D eigenvalue weighted by Crippen LogP contribution is -2.32. The Morgan fingerprint density at radius 1 is 1.37 bits per heavy atom. The zero-order valence-electron chi connectivity index (χ0n) is 11.4. The molecule has 19 heavy (non-hydrogen) atoms. The highest BCUT2D eigenvalue weighted by atomic mass is 32.2. The Labute approximate surface area is 115 Å². The smallest absolute Gasteiger partial charge is 0.150 e. The van der Waals surface area contributed by atoms with Crippen LogP contribution >= 0.6 is 0 Å². The van der Waals surface area contributed by atoms with Crippen LogP contribution in [-0.4, -0.2) is 33.0 Å². The predicted molar refractivity (Wildman–Crippen MR) is 80.3 cm³/mol. The lowest BCUT2D eigenvalue weighted by molar-refractivity contribution is 0.592. The zero-order chi connectivity index (χ0) is 13.9. The van der Waals surface area contributed by atoms with E-state index < -0.39 is 9.84 Å². The molecule has 1 aliphatic rings. The van der Waals surface area contributed by atoms with Gasteiger partial charge in [0, 0.05) is 18.8 Å². The Balaban J connectivity index is 2.04. The van der Waals surface area contributed by atoms with E-state index in [1.807, 2.05) is 12.1 Å². The van der Waals surface area contributed by atoms with Gasteiger partial charge in [0.1, 0.15) is 9.84 Å². The summed E-state index contributed by atoms with van der Waals surface area (Å²) in [4.78, 5) is 2.24. The highest BCUT2D eigenvalue weighted by molar-refractivity contribution is 7.91. The number of benzene rings is 1. The van der Waals surface area contributed by atoms with Crippen molar-refractivity contribution in [2.45, 2.75) is 26.2 Å². The Morgan fingerprint density at radius 3 is 2.89 bits per heavy atom. The van der Waals surface area contributed by atoms with Gasteiger partial charge in [0.15, 0.2) is 0 Å². The summed E-state index contributed by atoms with van der Waals surface area (Å²) in [7, 11) is -2.87. The number of sulfone groups is 1. The van der Waals surface area contributed by atoms with Crippen LogP contribution in [0.5, 0.6) is 0 Å². The molecule has 0 spiro atoms. The Hall–Kier alpha value is -1.23. The molecule has 106 valence electrons. The summed E-state index contributed by atoms with van der Waals surface area (Å²) >= 11 is 0. The maximum absolute atomic E-state index is 11.5. The summed E-state index contributed by atoms with van der Waals surface area (Å²) in [6.07, 6.45) is 2.84. The zero-order valence-corrected chi connectivity index (χ0v) is 12.2. The van der Waals surface area contributed by atoms with Crippen molar-refractivity contribution in [1.29, 1.82) is 0 Å². The molecule has 0 aliphatic carbocycles. The van der Waals surface area contributed by atoms with Crippen LogP contribution in [0, 0.1) is 0 Å². The summed E-state index contributed by atoms with van der Waals surface area (Å²) in [5.74, 6) is 0.494. The number of anilines is 2. The minimum atomic E-state index is -2.87. The number of fused-ring (bicyclic) bond motifs is 1. The largest absolute Gasteiger partial charge is 0.397 e. The molecule has 2 rings (SSSR count). The minimum Gasteiger partial charge on any atom is -0.397 e. The topological polar surface area (TPSA) is 63.4 Å². The van der Waals surface area contributed by atoms with Crippen LogP contribution < -0.4 is 10.6 Å². The molecular formula is C14H22N2O2S. The lowest BCUT2D eigenvalue weighted by atomic mass is 10.0. The van der Waals surface area contributed by atoms with Crippen LogP contribution in [0.1, 0.15) is 25.3 Å². The van der Waals surface area contributed by atoms with Crippen molar-refractivity contribution in [3.8, 4) is 0 Å². The molecular weight excluding hydrogens is 260 g/mol. The van der Waals surface area contributed by atoms with Crippen molar-refractivity contribution in [3.05, 3.63) is 23.8 Å². The number of aryl methyl sites for hydroxylation is 1. The average Bonchev–Trinajstić information content (AvgIpc) is 2.39. The highest BCUT2D eigenvalue weighted by Gasteiger charge is 2.19. The first-order valence-electron chi connectivity index (χ1n) is 6.86. The number of hydrogen-bond donors (Lipinski definition) is 1. The third-order valence-corrected chi connectivity index (χ3v) is 5.45. The van der Waals surface area contributed by atoms with Crippen molar-refractivity contribution in [2.24, 2.45) is 0 Å². The quantitative estimate of drug-likeness (QED) is 0.837. The summed E-state index contributed by atoms with van der Waals surface area (Å²) in [6, 6.07) is 6.01. The molecule has 5 heteroatoms. The van der Waals surface area contributed by atoms with Crippen molar-refractivity contribution < 1.29 is 8.42 Å². The highest BCUT2D eigenvalue weighted by Crippen LogP contribution is 2.32. The molecule has 1 aliphatic heterocycles. The maximum atomic E-state index is 11.5. The van der Waals surface area contributed by atoms with E-state index >= 15 is 0 Å². The van der Waals surface area contributed by atoms with Gasteiger partial charge in [-0.3, -0.25) is 0 Å². The molecule has 0 bridgehead atoms. The molecule has 0 aromatic heterocycles. The number of nitrogens with two attached hydrogens (primary N) is 1. The van der Waals surface area contributed by atoms with Gasteiger partial charge in [-0.15, -0.1) is 0 Å². The van der Waals surface area contributed by atoms with Crippen LogP contribution in [-0.2, 0) is 16.3 Å². The van der Waals surface area contributed by atoms with Crippen LogP contribution in [0.2, 0.25) is 0 Å². The van der Waals surface area contributed by atoms with Gasteiger partial charge in [0.05, 0.1) is 17.1 Å². The number of nitrogens with zero attached hydrogens (tertiary/aromatic N) is 1. The molecule has 0 atom stereocenters. The van der Waals surface area contributed by atoms with Crippen LogP contribution in [0.4, 0.5) is 11.4 Å². The van der Waals surface area contributed by atoms with Crippen molar-refractivity contribution in [3.63, 3.8) is 0 Å². The summed E-state index contributed by atoms with van der Waals surface area (Å²) in [5, 5.41) is 0. The Bertz CT molecular complexity index is 540. The first-order valence-corrected chi connectivity index (χ1v) is 8.68. The number of rotatable bonds is 5. The van der Waals surface area contributed by atoms with E-state index in [1.54, 1.807) is 6.92 Å². The summed E-state index contributed by atoms with van der Waals surface area (Å²) in [6.45, 7) is 3.43. The van der Waals surface area contributed by atoms with Gasteiger partial charge < -0.3 is 10.6 Å². The maximum Gasteiger partial charge on any atom is 0.150 e. The fourth-order valence-corrected chi connectivity index (χ4v) is 3.47. The minimum absolute atomic E-state index is 0.228. The van der Waals surface area contributed by atoms with Crippen LogP contribution in [0.3, 0.4) is 0 Å². The van der Waals surface area contributed by atoms with Crippen molar-refractivity contribution in [1.82, 2.24) is 0 Å². The van der Waals surface area contributed by atoms with Gasteiger partial charge in [-0.1, -0.05) is 19.1 Å². The van der Waals surface area contributed by atoms with E-state index in [0.29, 0.717) is 6.42 Å². The fraction of sp³-hybridized carbons (Fsp3) is 0.571. The first-order chi connectivity index (χ1) is 9.03. The molecule has 4 nitrogen and oxygen atoms in total. The van der Waals surface area contributed by atoms with Gasteiger partial charge in [-0.05, 0) is 30.9 Å². The van der Waals surface area contributed by atoms with E-state index in [-0.39, 0.29) is 11.5 Å². The van der Waals surface area contributed by atoms with Crippen molar-refractivity contribution in [2.75, 3.05) is 35.2 Å². The van der Waals surface area contributed by atoms with Crippen LogP contribution in [0.25, 0.3) is 0 Å². The predicted octanol–water partition coefficient (Wildman–Crippen LogP) is 1.85. The fourth-order valence-electron chi connectivity index (χ4n) is 2.61. The Kier molecular flexibility index (Phi) is 4.34. The molecule has 0 amide bonds. The second-order valence-electron chi connectivity index (χ2n) is 5.04. The number of nitrogen functional groups attached to an aromatic ring is 1. The van der Waals surface area contributed by atoms with Gasteiger partial charge in [0.25, 0.3) is 0 Å². The van der Waals surface area contributed by atoms with E-state index in [4.69, 9.17) is 5.73 Å². The SMILES string of the molecule is CCS(=O)(=O)CCCN1CCCc2cccc(N)c21. The number of para-hydroxylation sites is 1. The normalized spacial score (nSPS) is 15.3. The molecule has 0 saturated carbocycles. The first kappa shape index (κ1) is 14.2. The van der Waals surface area contributed by atoms with E-state index in [1.165, 1.54) is 5.56 Å². The van der Waals surface area contributed by atoms with E-state index in [0.717, 1.165) is 37.3 Å². The van der Waals surface area contributed by atoms with Crippen molar-refractivity contribution >= 4 is 21.2 Å². The molecule has 0 radical (unpaired) electrons. The summed E-state index contributed by atoms with van der Waals surface area (Å²) in [5.41, 5.74) is 9.25. The third-order valence-electron chi connectivity index (χ3n) is 3.66. The molecule has 1 heterocycles.